The van der Waals surface area contributed by atoms with Gasteiger partial charge in [0.25, 0.3) is 0 Å². The van der Waals surface area contributed by atoms with Gasteiger partial charge >= 0.3 is 0 Å². The van der Waals surface area contributed by atoms with Crippen LogP contribution in [0.3, 0.4) is 0 Å². The number of nitrogens with one attached hydrogen (secondary N) is 1. The summed E-state index contributed by atoms with van der Waals surface area (Å²) in [4.78, 5) is 11.9. The average Bonchev–Trinajstić information content (AvgIpc) is 2.96. The van der Waals surface area contributed by atoms with Crippen LogP contribution in [0.25, 0.3) is 0 Å². The largest absolute Gasteiger partial charge is 0.389 e. The molecule has 1 saturated carbocycles. The van der Waals surface area contributed by atoms with Crippen molar-refractivity contribution >= 4 is 5.91 Å². The molecule has 1 aliphatic carbocycles. The second kappa shape index (κ2) is 6.97. The Hall–Kier alpha value is -1.46. The van der Waals surface area contributed by atoms with E-state index in [9.17, 15) is 14.3 Å². The molecule has 1 saturated heterocycles. The fraction of sp³-hybridized carbons (Fsp3) is 0.611. The molecule has 1 aliphatic heterocycles. The highest BCUT2D eigenvalue weighted by molar-refractivity contribution is 5.76. The maximum absolute atomic E-state index is 13.2. The van der Waals surface area contributed by atoms with Gasteiger partial charge in [0.05, 0.1) is 5.60 Å². The Balaban J connectivity index is 1.38. The second-order valence-corrected chi connectivity index (χ2v) is 6.97. The molecule has 4 nitrogen and oxygen atoms in total. The number of hydrogen-bond donors (Lipinski definition) is 2. The zero-order chi connectivity index (χ0) is 16.3. The third-order valence-electron chi connectivity index (χ3n) is 4.84. The summed E-state index contributed by atoms with van der Waals surface area (Å²) in [6, 6.07) is 6.34. The Bertz CT molecular complexity index is 551. The summed E-state index contributed by atoms with van der Waals surface area (Å²) in [6.45, 7) is 1.58. The molecule has 1 unspecified atom stereocenters. The predicted octanol–water partition coefficient (Wildman–Crippen LogP) is 2.19. The van der Waals surface area contributed by atoms with Crippen molar-refractivity contribution in [2.75, 3.05) is 13.2 Å². The zero-order valence-electron chi connectivity index (χ0n) is 13.3. The lowest BCUT2D eigenvalue weighted by molar-refractivity contribution is -0.125. The fourth-order valence-corrected chi connectivity index (χ4v) is 3.58. The number of hydrogen-bond acceptors (Lipinski definition) is 3. The lowest BCUT2D eigenvalue weighted by Crippen LogP contribution is -2.56. The van der Waals surface area contributed by atoms with Gasteiger partial charge in [0.1, 0.15) is 5.82 Å². The standard InChI is InChI=1S/C18H24FNO3/c19-15-3-1-2-14(8-15)9-18(22)10-16(11-18)20-17(21)5-4-13-6-7-23-12-13/h1-3,8,13,16,22H,4-7,9-12H2,(H,20,21). The second-order valence-electron chi connectivity index (χ2n) is 6.97. The van der Waals surface area contributed by atoms with Crippen LogP contribution < -0.4 is 5.32 Å². The van der Waals surface area contributed by atoms with E-state index in [0.29, 0.717) is 31.6 Å². The first kappa shape index (κ1) is 16.4. The average molecular weight is 321 g/mol. The number of carbonyl (C=O) groups excluding carboxylic acids is 1. The molecule has 1 heterocycles. The minimum absolute atomic E-state index is 0.0286. The van der Waals surface area contributed by atoms with E-state index in [-0.39, 0.29) is 17.8 Å². The lowest BCUT2D eigenvalue weighted by Gasteiger charge is -2.44. The first-order valence-corrected chi connectivity index (χ1v) is 8.36. The molecule has 1 atom stereocenters. The lowest BCUT2D eigenvalue weighted by atomic mass is 9.72. The van der Waals surface area contributed by atoms with E-state index in [1.807, 2.05) is 6.07 Å². The first-order valence-electron chi connectivity index (χ1n) is 8.36. The van der Waals surface area contributed by atoms with Crippen molar-refractivity contribution in [3.8, 4) is 0 Å². The monoisotopic (exact) mass is 321 g/mol. The van der Waals surface area contributed by atoms with Crippen LogP contribution in [0.5, 0.6) is 0 Å². The van der Waals surface area contributed by atoms with E-state index in [4.69, 9.17) is 4.74 Å². The number of rotatable bonds is 6. The summed E-state index contributed by atoms with van der Waals surface area (Å²) in [5.74, 6) is 0.271. The van der Waals surface area contributed by atoms with Crippen LogP contribution in [0.2, 0.25) is 0 Å². The van der Waals surface area contributed by atoms with Gasteiger partial charge in [-0.15, -0.1) is 0 Å². The quantitative estimate of drug-likeness (QED) is 0.844. The molecule has 0 aromatic heterocycles. The van der Waals surface area contributed by atoms with Crippen LogP contribution in [-0.2, 0) is 16.0 Å². The number of ether oxygens (including phenoxy) is 1. The number of halogens is 1. The predicted molar refractivity (Wildman–Crippen MR) is 84.4 cm³/mol. The Kier molecular flexibility index (Phi) is 4.97. The summed E-state index contributed by atoms with van der Waals surface area (Å²) in [7, 11) is 0. The smallest absolute Gasteiger partial charge is 0.220 e. The topological polar surface area (TPSA) is 58.6 Å². The van der Waals surface area contributed by atoms with Gasteiger partial charge in [-0.1, -0.05) is 12.1 Å². The number of amides is 1. The molecule has 2 fully saturated rings. The van der Waals surface area contributed by atoms with Gasteiger partial charge in [-0.2, -0.15) is 0 Å². The van der Waals surface area contributed by atoms with Gasteiger partial charge in [0.2, 0.25) is 5.91 Å². The molecule has 0 radical (unpaired) electrons. The molecule has 1 aromatic carbocycles. The van der Waals surface area contributed by atoms with E-state index in [2.05, 4.69) is 5.32 Å². The Morgan fingerprint density at radius 3 is 2.96 bits per heavy atom. The SMILES string of the molecule is O=C(CCC1CCOC1)NC1CC(O)(Cc2cccc(F)c2)C1. The van der Waals surface area contributed by atoms with Crippen LogP contribution in [0.15, 0.2) is 24.3 Å². The van der Waals surface area contributed by atoms with Crippen molar-refractivity contribution in [2.24, 2.45) is 5.92 Å². The first-order chi connectivity index (χ1) is 11.0. The highest BCUT2D eigenvalue weighted by atomic mass is 19.1. The van der Waals surface area contributed by atoms with Crippen LogP contribution in [-0.4, -0.2) is 35.9 Å². The van der Waals surface area contributed by atoms with Crippen molar-refractivity contribution in [3.63, 3.8) is 0 Å². The van der Waals surface area contributed by atoms with E-state index in [1.54, 1.807) is 6.07 Å². The highest BCUT2D eigenvalue weighted by Gasteiger charge is 2.43. The molecule has 5 heteroatoms. The Labute approximate surface area is 136 Å². The number of carbonyl (C=O) groups is 1. The normalized spacial score (nSPS) is 30.0. The highest BCUT2D eigenvalue weighted by Crippen LogP contribution is 2.35. The van der Waals surface area contributed by atoms with Gasteiger partial charge in [-0.05, 0) is 49.3 Å². The van der Waals surface area contributed by atoms with Gasteiger partial charge in [0.15, 0.2) is 0 Å². The molecule has 0 bridgehead atoms. The number of benzene rings is 1. The zero-order valence-corrected chi connectivity index (χ0v) is 13.3. The van der Waals surface area contributed by atoms with E-state index in [0.717, 1.165) is 31.6 Å². The molecule has 0 spiro atoms. The molecule has 126 valence electrons. The van der Waals surface area contributed by atoms with Crippen molar-refractivity contribution in [1.29, 1.82) is 0 Å². The molecule has 3 rings (SSSR count). The number of aliphatic hydroxyl groups is 1. The summed E-state index contributed by atoms with van der Waals surface area (Å²) in [5.41, 5.74) is -0.0381. The van der Waals surface area contributed by atoms with Crippen molar-refractivity contribution in [1.82, 2.24) is 5.32 Å². The summed E-state index contributed by atoms with van der Waals surface area (Å²) in [5, 5.41) is 13.4. The molecule has 23 heavy (non-hydrogen) atoms. The summed E-state index contributed by atoms with van der Waals surface area (Å²) in [6.07, 6.45) is 3.92. The maximum Gasteiger partial charge on any atom is 0.220 e. The molecular weight excluding hydrogens is 297 g/mol. The van der Waals surface area contributed by atoms with Gasteiger partial charge < -0.3 is 15.2 Å². The van der Waals surface area contributed by atoms with Gasteiger partial charge in [-0.3, -0.25) is 4.79 Å². The fourth-order valence-electron chi connectivity index (χ4n) is 3.58. The van der Waals surface area contributed by atoms with Crippen LogP contribution in [0.1, 0.15) is 37.7 Å². The van der Waals surface area contributed by atoms with Crippen molar-refractivity contribution in [3.05, 3.63) is 35.6 Å². The van der Waals surface area contributed by atoms with Crippen LogP contribution in [0, 0.1) is 11.7 Å². The van der Waals surface area contributed by atoms with E-state index >= 15 is 0 Å². The third kappa shape index (κ3) is 4.52. The van der Waals surface area contributed by atoms with Crippen molar-refractivity contribution in [2.45, 2.75) is 50.2 Å². The summed E-state index contributed by atoms with van der Waals surface area (Å²) < 4.78 is 18.5. The molecule has 1 aromatic rings. The van der Waals surface area contributed by atoms with E-state index < -0.39 is 5.60 Å². The summed E-state index contributed by atoms with van der Waals surface area (Å²) >= 11 is 0. The minimum Gasteiger partial charge on any atom is -0.389 e. The van der Waals surface area contributed by atoms with Crippen LogP contribution >= 0.6 is 0 Å². The molecule has 1 amide bonds. The van der Waals surface area contributed by atoms with Crippen LogP contribution in [0.4, 0.5) is 4.39 Å². The Morgan fingerprint density at radius 1 is 1.43 bits per heavy atom. The van der Waals surface area contributed by atoms with E-state index in [1.165, 1.54) is 12.1 Å². The molecular formula is C18H24FNO3. The maximum atomic E-state index is 13.2. The third-order valence-corrected chi connectivity index (χ3v) is 4.84. The molecule has 2 N–H and O–H groups in total. The molecule has 2 aliphatic rings. The van der Waals surface area contributed by atoms with Gasteiger partial charge in [0, 0.05) is 32.1 Å². The van der Waals surface area contributed by atoms with Crippen molar-refractivity contribution < 1.29 is 19.0 Å². The van der Waals surface area contributed by atoms with Gasteiger partial charge in [-0.25, -0.2) is 4.39 Å². The minimum atomic E-state index is -0.828. The Morgan fingerprint density at radius 2 is 2.26 bits per heavy atom.